The average Bonchev–Trinajstić information content (AvgIpc) is 2.72. The topological polar surface area (TPSA) is 103 Å². The zero-order valence-electron chi connectivity index (χ0n) is 16.4. The Hall–Kier alpha value is -2.97. The van der Waals surface area contributed by atoms with Gasteiger partial charge in [-0.15, -0.1) is 0 Å². The molecule has 0 aliphatic carbocycles. The van der Waals surface area contributed by atoms with Gasteiger partial charge < -0.3 is 10.1 Å². The molecule has 0 atom stereocenters. The SMILES string of the molecule is Cc1c(Cl)cnc(NC(=O)COC(=O)c2nn(C(C)C)c(=O)c3ccccc23)c1Cl. The molecule has 0 saturated carbocycles. The van der Waals surface area contributed by atoms with Crippen molar-refractivity contribution < 1.29 is 14.3 Å². The Bertz CT molecular complexity index is 1210. The highest BCUT2D eigenvalue weighted by Crippen LogP contribution is 2.28. The van der Waals surface area contributed by atoms with Gasteiger partial charge in [0.05, 0.1) is 21.5 Å². The van der Waals surface area contributed by atoms with Gasteiger partial charge in [0.2, 0.25) is 0 Å². The summed E-state index contributed by atoms with van der Waals surface area (Å²) in [6, 6.07) is 6.33. The van der Waals surface area contributed by atoms with Crippen molar-refractivity contribution in [2.24, 2.45) is 0 Å². The summed E-state index contributed by atoms with van der Waals surface area (Å²) < 4.78 is 6.32. The molecule has 30 heavy (non-hydrogen) atoms. The first kappa shape index (κ1) is 21.7. The average molecular weight is 449 g/mol. The fourth-order valence-corrected chi connectivity index (χ4v) is 3.11. The summed E-state index contributed by atoms with van der Waals surface area (Å²) in [5.74, 6) is -1.36. The van der Waals surface area contributed by atoms with Crippen LogP contribution >= 0.6 is 23.2 Å². The van der Waals surface area contributed by atoms with Crippen LogP contribution in [0.3, 0.4) is 0 Å². The summed E-state index contributed by atoms with van der Waals surface area (Å²) in [7, 11) is 0. The summed E-state index contributed by atoms with van der Waals surface area (Å²) in [5, 5.41) is 7.86. The van der Waals surface area contributed by atoms with E-state index in [2.05, 4.69) is 15.4 Å². The third-order valence-electron chi connectivity index (χ3n) is 4.31. The summed E-state index contributed by atoms with van der Waals surface area (Å²) >= 11 is 12.0. The standard InChI is InChI=1S/C20H18Cl2N4O4/c1-10(2)26-19(28)13-7-5-4-6-12(13)17(25-26)20(29)30-9-15(27)24-18-16(22)11(3)14(21)8-23-18/h4-8,10H,9H2,1-3H3,(H,23,24,27). The first-order valence-corrected chi connectivity index (χ1v) is 9.75. The molecule has 0 saturated heterocycles. The van der Waals surface area contributed by atoms with Gasteiger partial charge in [-0.1, -0.05) is 41.4 Å². The molecule has 156 valence electrons. The minimum Gasteiger partial charge on any atom is -0.451 e. The number of carbonyl (C=O) groups is 2. The predicted octanol–water partition coefficient (Wildman–Crippen LogP) is 3.78. The highest BCUT2D eigenvalue weighted by molar-refractivity contribution is 6.37. The Labute approximate surface area is 181 Å². The van der Waals surface area contributed by atoms with Gasteiger partial charge in [-0.3, -0.25) is 9.59 Å². The highest BCUT2D eigenvalue weighted by Gasteiger charge is 2.20. The molecule has 1 amide bonds. The number of pyridine rings is 1. The summed E-state index contributed by atoms with van der Waals surface area (Å²) in [5.41, 5.74) is 0.200. The van der Waals surface area contributed by atoms with Crippen LogP contribution in [0, 0.1) is 6.92 Å². The van der Waals surface area contributed by atoms with Crippen LogP contribution in [0.15, 0.2) is 35.3 Å². The van der Waals surface area contributed by atoms with Crippen LogP contribution in [0.5, 0.6) is 0 Å². The van der Waals surface area contributed by atoms with Crippen LogP contribution < -0.4 is 10.9 Å². The molecule has 0 spiro atoms. The number of nitrogens with zero attached hydrogens (tertiary/aromatic N) is 3. The number of ether oxygens (including phenoxy) is 1. The van der Waals surface area contributed by atoms with Crippen LogP contribution in [0.1, 0.15) is 35.9 Å². The van der Waals surface area contributed by atoms with E-state index >= 15 is 0 Å². The molecule has 0 aliphatic heterocycles. The smallest absolute Gasteiger partial charge is 0.359 e. The van der Waals surface area contributed by atoms with Gasteiger partial charge in [0.15, 0.2) is 18.1 Å². The lowest BCUT2D eigenvalue weighted by Gasteiger charge is -2.13. The lowest BCUT2D eigenvalue weighted by Crippen LogP contribution is -2.29. The van der Waals surface area contributed by atoms with E-state index in [0.29, 0.717) is 21.4 Å². The molecular formula is C20H18Cl2N4O4. The first-order chi connectivity index (χ1) is 14.2. The summed E-state index contributed by atoms with van der Waals surface area (Å²) in [6.45, 7) is 4.64. The van der Waals surface area contributed by atoms with Crippen LogP contribution in [0.4, 0.5) is 5.82 Å². The van der Waals surface area contributed by atoms with Crippen LogP contribution in [-0.4, -0.2) is 33.2 Å². The molecule has 0 radical (unpaired) electrons. The number of aromatic nitrogens is 3. The maximum Gasteiger partial charge on any atom is 0.359 e. The van der Waals surface area contributed by atoms with Crippen molar-refractivity contribution in [2.75, 3.05) is 11.9 Å². The minimum absolute atomic E-state index is 0.0507. The van der Waals surface area contributed by atoms with Gasteiger partial charge in [-0.2, -0.15) is 5.10 Å². The van der Waals surface area contributed by atoms with E-state index < -0.39 is 18.5 Å². The molecule has 3 aromatic rings. The molecule has 10 heteroatoms. The largest absolute Gasteiger partial charge is 0.451 e. The van der Waals surface area contributed by atoms with Gasteiger partial charge in [-0.25, -0.2) is 14.5 Å². The first-order valence-electron chi connectivity index (χ1n) is 8.99. The van der Waals surface area contributed by atoms with Gasteiger partial charge in [0, 0.05) is 11.6 Å². The number of hydrogen-bond donors (Lipinski definition) is 1. The molecule has 1 N–H and O–H groups in total. The Morgan fingerprint density at radius 2 is 1.87 bits per heavy atom. The van der Waals surface area contributed by atoms with Crippen LogP contribution in [0.25, 0.3) is 10.8 Å². The number of rotatable bonds is 5. The predicted molar refractivity (Wildman–Crippen MR) is 114 cm³/mol. The van der Waals surface area contributed by atoms with E-state index in [0.717, 1.165) is 0 Å². The second-order valence-corrected chi connectivity index (χ2v) is 7.54. The van der Waals surface area contributed by atoms with E-state index in [1.807, 2.05) is 0 Å². The highest BCUT2D eigenvalue weighted by atomic mass is 35.5. The van der Waals surface area contributed by atoms with E-state index in [4.69, 9.17) is 27.9 Å². The molecule has 0 aliphatic rings. The maximum atomic E-state index is 12.6. The zero-order valence-corrected chi connectivity index (χ0v) is 17.9. The van der Waals surface area contributed by atoms with E-state index in [-0.39, 0.29) is 28.1 Å². The number of anilines is 1. The number of benzene rings is 1. The molecule has 0 bridgehead atoms. The van der Waals surface area contributed by atoms with Gasteiger partial charge >= 0.3 is 5.97 Å². The molecule has 2 heterocycles. The van der Waals surface area contributed by atoms with E-state index in [1.165, 1.54) is 10.9 Å². The van der Waals surface area contributed by atoms with Gasteiger partial charge in [0.25, 0.3) is 11.5 Å². The van der Waals surface area contributed by atoms with E-state index in [1.54, 1.807) is 45.0 Å². The zero-order chi connectivity index (χ0) is 22.0. The second-order valence-electron chi connectivity index (χ2n) is 6.76. The Morgan fingerprint density at radius 3 is 2.53 bits per heavy atom. The van der Waals surface area contributed by atoms with Gasteiger partial charge in [0.1, 0.15) is 0 Å². The molecule has 2 aromatic heterocycles. The van der Waals surface area contributed by atoms with Crippen molar-refractivity contribution in [3.05, 3.63) is 62.1 Å². The molecule has 1 aromatic carbocycles. The molecule has 3 rings (SSSR count). The number of hydrogen-bond acceptors (Lipinski definition) is 6. The third kappa shape index (κ3) is 4.29. The number of fused-ring (bicyclic) bond motifs is 1. The molecular weight excluding hydrogens is 431 g/mol. The number of nitrogens with one attached hydrogen (secondary N) is 1. The maximum absolute atomic E-state index is 12.6. The lowest BCUT2D eigenvalue weighted by molar-refractivity contribution is -0.119. The van der Waals surface area contributed by atoms with E-state index in [9.17, 15) is 14.4 Å². The quantitative estimate of drug-likeness (QED) is 0.595. The van der Waals surface area contributed by atoms with Crippen LogP contribution in [-0.2, 0) is 9.53 Å². The Kier molecular flexibility index (Phi) is 6.38. The summed E-state index contributed by atoms with van der Waals surface area (Å²) in [4.78, 5) is 41.3. The van der Waals surface area contributed by atoms with Crippen molar-refractivity contribution in [3.8, 4) is 0 Å². The number of esters is 1. The monoisotopic (exact) mass is 448 g/mol. The van der Waals surface area contributed by atoms with Crippen LogP contribution in [0.2, 0.25) is 10.0 Å². The van der Waals surface area contributed by atoms with Crippen molar-refractivity contribution in [1.82, 2.24) is 14.8 Å². The number of amides is 1. The minimum atomic E-state index is -0.831. The molecule has 0 unspecified atom stereocenters. The second kappa shape index (κ2) is 8.81. The van der Waals surface area contributed by atoms with Crippen molar-refractivity contribution in [3.63, 3.8) is 0 Å². The fraction of sp³-hybridized carbons (Fsp3) is 0.250. The summed E-state index contributed by atoms with van der Waals surface area (Å²) in [6.07, 6.45) is 1.36. The molecule has 8 nitrogen and oxygen atoms in total. The third-order valence-corrected chi connectivity index (χ3v) is 5.15. The Balaban J connectivity index is 1.81. The molecule has 0 fully saturated rings. The lowest BCUT2D eigenvalue weighted by atomic mass is 10.1. The fourth-order valence-electron chi connectivity index (χ4n) is 2.72. The van der Waals surface area contributed by atoms with Gasteiger partial charge in [-0.05, 0) is 32.4 Å². The van der Waals surface area contributed by atoms with Crippen molar-refractivity contribution >= 4 is 51.7 Å². The Morgan fingerprint density at radius 1 is 1.20 bits per heavy atom. The van der Waals surface area contributed by atoms with Crippen molar-refractivity contribution in [2.45, 2.75) is 26.8 Å². The number of halogens is 2. The number of carbonyl (C=O) groups excluding carboxylic acids is 2. The normalized spacial score (nSPS) is 11.0. The van der Waals surface area contributed by atoms with Crippen molar-refractivity contribution in [1.29, 1.82) is 0 Å².